The minimum absolute atomic E-state index is 0.662. The van der Waals surface area contributed by atoms with E-state index in [1.54, 1.807) is 0 Å². The van der Waals surface area contributed by atoms with E-state index >= 15 is 0 Å². The summed E-state index contributed by atoms with van der Waals surface area (Å²) >= 11 is 0. The Hall–Kier alpha value is -1.32. The van der Waals surface area contributed by atoms with E-state index in [0.717, 1.165) is 19.6 Å². The van der Waals surface area contributed by atoms with Crippen molar-refractivity contribution >= 4 is 10.9 Å². The topological polar surface area (TPSA) is 31.1 Å². The predicted octanol–water partition coefficient (Wildman–Crippen LogP) is 2.99. The molecule has 0 aliphatic rings. The summed E-state index contributed by atoms with van der Waals surface area (Å²) in [6.45, 7) is 7.57. The number of benzene rings is 1. The predicted molar refractivity (Wildman–Crippen MR) is 82.4 cm³/mol. The molecule has 0 spiro atoms. The molecule has 1 unspecified atom stereocenters. The molecule has 3 nitrogen and oxygen atoms in total. The first-order chi connectivity index (χ1) is 9.22. The molecule has 0 aliphatic heterocycles. The van der Waals surface area contributed by atoms with E-state index in [2.05, 4.69) is 66.6 Å². The summed E-state index contributed by atoms with van der Waals surface area (Å²) in [6.07, 6.45) is 3.31. The lowest BCUT2D eigenvalue weighted by Gasteiger charge is -2.23. The van der Waals surface area contributed by atoms with Gasteiger partial charge in [-0.15, -0.1) is 0 Å². The lowest BCUT2D eigenvalue weighted by Crippen LogP contribution is -2.34. The first-order valence-electron chi connectivity index (χ1n) is 7.18. The second kappa shape index (κ2) is 6.73. The summed E-state index contributed by atoms with van der Waals surface area (Å²) in [5, 5.41) is 4.85. The van der Waals surface area contributed by atoms with Gasteiger partial charge in [0.2, 0.25) is 0 Å². The normalized spacial score (nSPS) is 13.3. The summed E-state index contributed by atoms with van der Waals surface area (Å²) in [6, 6.07) is 9.12. The molecule has 104 valence electrons. The van der Waals surface area contributed by atoms with Gasteiger partial charge >= 0.3 is 0 Å². The summed E-state index contributed by atoms with van der Waals surface area (Å²) in [4.78, 5) is 5.72. The third-order valence-corrected chi connectivity index (χ3v) is 3.97. The molecule has 2 N–H and O–H groups in total. The molecule has 0 saturated carbocycles. The van der Waals surface area contributed by atoms with E-state index in [1.165, 1.54) is 22.9 Å². The van der Waals surface area contributed by atoms with Gasteiger partial charge in [-0.1, -0.05) is 25.1 Å². The summed E-state index contributed by atoms with van der Waals surface area (Å²) in [5.74, 6) is 0. The number of nitrogens with zero attached hydrogens (tertiary/aromatic N) is 1. The maximum atomic E-state index is 3.53. The highest BCUT2D eigenvalue weighted by atomic mass is 15.1. The third kappa shape index (κ3) is 3.58. The number of likely N-dealkylation sites (N-methyl/N-ethyl adjacent to an activating group) is 1. The van der Waals surface area contributed by atoms with Crippen LogP contribution in [0.15, 0.2) is 30.5 Å². The number of aromatic nitrogens is 1. The molecule has 1 atom stereocenters. The van der Waals surface area contributed by atoms with Gasteiger partial charge in [0.05, 0.1) is 0 Å². The van der Waals surface area contributed by atoms with Crippen LogP contribution in [0.4, 0.5) is 0 Å². The first kappa shape index (κ1) is 14.1. The highest BCUT2D eigenvalue weighted by molar-refractivity contribution is 5.82. The average Bonchev–Trinajstić information content (AvgIpc) is 2.86. The van der Waals surface area contributed by atoms with Crippen molar-refractivity contribution in [1.82, 2.24) is 15.2 Å². The van der Waals surface area contributed by atoms with Crippen LogP contribution in [0, 0.1) is 0 Å². The van der Waals surface area contributed by atoms with Gasteiger partial charge in [0.15, 0.2) is 0 Å². The van der Waals surface area contributed by atoms with Crippen molar-refractivity contribution in [2.75, 3.05) is 20.1 Å². The standard InChI is InChI=1S/C16H25N3/c1-4-13(2)19(3)10-9-17-11-14-12-18-16-8-6-5-7-15(14)16/h5-8,12-13,17-18H,4,9-11H2,1-3H3. The van der Waals surface area contributed by atoms with Gasteiger partial charge in [-0.25, -0.2) is 0 Å². The molecule has 3 heteroatoms. The van der Waals surface area contributed by atoms with E-state index < -0.39 is 0 Å². The Kier molecular flexibility index (Phi) is 5.00. The van der Waals surface area contributed by atoms with E-state index in [9.17, 15) is 0 Å². The highest BCUT2D eigenvalue weighted by Crippen LogP contribution is 2.17. The van der Waals surface area contributed by atoms with Crippen LogP contribution in [0.3, 0.4) is 0 Å². The Bertz CT molecular complexity index is 503. The van der Waals surface area contributed by atoms with Crippen molar-refractivity contribution in [2.45, 2.75) is 32.9 Å². The lowest BCUT2D eigenvalue weighted by molar-refractivity contribution is 0.252. The van der Waals surface area contributed by atoms with Crippen molar-refractivity contribution in [2.24, 2.45) is 0 Å². The number of rotatable bonds is 7. The number of hydrogen-bond donors (Lipinski definition) is 2. The fourth-order valence-corrected chi connectivity index (χ4v) is 2.29. The zero-order chi connectivity index (χ0) is 13.7. The lowest BCUT2D eigenvalue weighted by atomic mass is 10.2. The molecular formula is C16H25N3. The van der Waals surface area contributed by atoms with Crippen molar-refractivity contribution < 1.29 is 0 Å². The Morgan fingerprint density at radius 3 is 2.89 bits per heavy atom. The van der Waals surface area contributed by atoms with Crippen LogP contribution in [0.2, 0.25) is 0 Å². The molecule has 0 radical (unpaired) electrons. The Morgan fingerprint density at radius 2 is 2.11 bits per heavy atom. The Morgan fingerprint density at radius 1 is 1.32 bits per heavy atom. The average molecular weight is 259 g/mol. The second-order valence-corrected chi connectivity index (χ2v) is 5.27. The van der Waals surface area contributed by atoms with Gasteiger partial charge in [0.25, 0.3) is 0 Å². The van der Waals surface area contributed by atoms with E-state index in [-0.39, 0.29) is 0 Å². The van der Waals surface area contributed by atoms with Gasteiger partial charge in [-0.3, -0.25) is 0 Å². The molecule has 2 rings (SSSR count). The SMILES string of the molecule is CCC(C)N(C)CCNCc1c[nH]c2ccccc12. The number of fused-ring (bicyclic) bond motifs is 1. The fraction of sp³-hybridized carbons (Fsp3) is 0.500. The van der Waals surface area contributed by atoms with Crippen molar-refractivity contribution in [3.8, 4) is 0 Å². The van der Waals surface area contributed by atoms with Crippen LogP contribution in [0.1, 0.15) is 25.8 Å². The van der Waals surface area contributed by atoms with E-state index in [1.807, 2.05) is 0 Å². The Labute approximate surface area is 116 Å². The first-order valence-corrected chi connectivity index (χ1v) is 7.18. The fourth-order valence-electron chi connectivity index (χ4n) is 2.29. The minimum atomic E-state index is 0.662. The van der Waals surface area contributed by atoms with Gasteiger partial charge in [0, 0.05) is 42.8 Å². The van der Waals surface area contributed by atoms with Gasteiger partial charge < -0.3 is 15.2 Å². The molecule has 1 aromatic heterocycles. The van der Waals surface area contributed by atoms with Crippen molar-refractivity contribution in [1.29, 1.82) is 0 Å². The smallest absolute Gasteiger partial charge is 0.0457 e. The van der Waals surface area contributed by atoms with Crippen LogP contribution in [-0.4, -0.2) is 36.1 Å². The second-order valence-electron chi connectivity index (χ2n) is 5.27. The maximum absolute atomic E-state index is 3.53. The van der Waals surface area contributed by atoms with Crippen LogP contribution < -0.4 is 5.32 Å². The number of para-hydroxylation sites is 1. The van der Waals surface area contributed by atoms with Gasteiger partial charge in [-0.2, -0.15) is 0 Å². The number of H-pyrrole nitrogens is 1. The summed E-state index contributed by atoms with van der Waals surface area (Å²) in [5.41, 5.74) is 2.57. The van der Waals surface area contributed by atoms with Gasteiger partial charge in [0.1, 0.15) is 0 Å². The number of aromatic amines is 1. The molecule has 0 bridgehead atoms. The molecule has 0 fully saturated rings. The monoisotopic (exact) mass is 259 g/mol. The molecule has 0 amide bonds. The summed E-state index contributed by atoms with van der Waals surface area (Å²) in [7, 11) is 2.20. The van der Waals surface area contributed by atoms with Crippen LogP contribution in [0.5, 0.6) is 0 Å². The maximum Gasteiger partial charge on any atom is 0.0457 e. The largest absolute Gasteiger partial charge is 0.361 e. The quantitative estimate of drug-likeness (QED) is 0.749. The molecule has 1 heterocycles. The molecule has 0 saturated heterocycles. The molecule has 1 aromatic carbocycles. The zero-order valence-electron chi connectivity index (χ0n) is 12.2. The summed E-state index contributed by atoms with van der Waals surface area (Å²) < 4.78 is 0. The molecule has 19 heavy (non-hydrogen) atoms. The minimum Gasteiger partial charge on any atom is -0.361 e. The molecule has 2 aromatic rings. The van der Waals surface area contributed by atoms with Crippen molar-refractivity contribution in [3.63, 3.8) is 0 Å². The van der Waals surface area contributed by atoms with E-state index in [4.69, 9.17) is 0 Å². The Balaban J connectivity index is 1.80. The highest BCUT2D eigenvalue weighted by Gasteiger charge is 2.06. The molecule has 0 aliphatic carbocycles. The zero-order valence-corrected chi connectivity index (χ0v) is 12.2. The third-order valence-electron chi connectivity index (χ3n) is 3.97. The van der Waals surface area contributed by atoms with Crippen molar-refractivity contribution in [3.05, 3.63) is 36.0 Å². The number of nitrogens with one attached hydrogen (secondary N) is 2. The van der Waals surface area contributed by atoms with Gasteiger partial charge in [-0.05, 0) is 32.0 Å². The number of hydrogen-bond acceptors (Lipinski definition) is 2. The van der Waals surface area contributed by atoms with Crippen LogP contribution >= 0.6 is 0 Å². The van der Waals surface area contributed by atoms with Crippen LogP contribution in [0.25, 0.3) is 10.9 Å². The molecular weight excluding hydrogens is 234 g/mol. The van der Waals surface area contributed by atoms with E-state index in [0.29, 0.717) is 6.04 Å². The van der Waals surface area contributed by atoms with Crippen LogP contribution in [-0.2, 0) is 6.54 Å².